The summed E-state index contributed by atoms with van der Waals surface area (Å²) >= 11 is 6.00. The zero-order valence-corrected chi connectivity index (χ0v) is 9.25. The van der Waals surface area contributed by atoms with Crippen LogP contribution in [0.15, 0.2) is 24.7 Å². The van der Waals surface area contributed by atoms with Crippen molar-refractivity contribution in [3.05, 3.63) is 40.9 Å². The summed E-state index contributed by atoms with van der Waals surface area (Å²) in [6.45, 7) is 1.74. The molecule has 0 aliphatic rings. The lowest BCUT2D eigenvalue weighted by Crippen LogP contribution is -1.98. The van der Waals surface area contributed by atoms with Crippen molar-refractivity contribution in [3.8, 4) is 11.1 Å². The van der Waals surface area contributed by atoms with Gasteiger partial charge < -0.3 is 10.1 Å². The van der Waals surface area contributed by atoms with Crippen LogP contribution in [0.3, 0.4) is 0 Å². The van der Waals surface area contributed by atoms with Crippen molar-refractivity contribution in [2.45, 2.75) is 6.92 Å². The van der Waals surface area contributed by atoms with Gasteiger partial charge in [-0.15, -0.1) is 0 Å². The number of aromatic amines is 1. The second kappa shape index (κ2) is 3.98. The second-order valence-corrected chi connectivity index (χ2v) is 3.77. The van der Waals surface area contributed by atoms with E-state index in [0.29, 0.717) is 10.6 Å². The summed E-state index contributed by atoms with van der Waals surface area (Å²) in [5, 5.41) is 9.42. The van der Waals surface area contributed by atoms with E-state index in [2.05, 4.69) is 9.97 Å². The average molecular weight is 237 g/mol. The number of rotatable bonds is 2. The second-order valence-electron chi connectivity index (χ2n) is 3.36. The van der Waals surface area contributed by atoms with Gasteiger partial charge in [0.05, 0.1) is 5.02 Å². The molecule has 16 heavy (non-hydrogen) atoms. The molecule has 0 atom stereocenters. The van der Waals surface area contributed by atoms with Crippen LogP contribution in [-0.4, -0.2) is 21.0 Å². The highest BCUT2D eigenvalue weighted by Crippen LogP contribution is 2.30. The van der Waals surface area contributed by atoms with Gasteiger partial charge in [0.25, 0.3) is 0 Å². The number of hydrogen-bond acceptors (Lipinski definition) is 2. The Morgan fingerprint density at radius 2 is 2.25 bits per heavy atom. The Bertz CT molecular complexity index is 549. The molecule has 0 fully saturated rings. The van der Waals surface area contributed by atoms with Crippen LogP contribution in [0, 0.1) is 6.92 Å². The number of pyridine rings is 1. The zero-order valence-electron chi connectivity index (χ0n) is 8.49. The van der Waals surface area contributed by atoms with Crippen LogP contribution >= 0.6 is 11.6 Å². The average Bonchev–Trinajstić information content (AvgIpc) is 2.61. The Hall–Kier alpha value is -1.81. The molecule has 0 aromatic carbocycles. The van der Waals surface area contributed by atoms with E-state index in [1.54, 1.807) is 25.4 Å². The van der Waals surface area contributed by atoms with Crippen LogP contribution in [0.25, 0.3) is 11.1 Å². The fourth-order valence-corrected chi connectivity index (χ4v) is 1.81. The molecule has 0 spiro atoms. The molecule has 0 aliphatic heterocycles. The third kappa shape index (κ3) is 1.67. The Morgan fingerprint density at radius 3 is 2.81 bits per heavy atom. The van der Waals surface area contributed by atoms with Gasteiger partial charge in [-0.05, 0) is 18.6 Å². The molecule has 0 unspecified atom stereocenters. The summed E-state index contributed by atoms with van der Waals surface area (Å²) in [4.78, 5) is 17.5. The number of nitrogens with zero attached hydrogens (tertiary/aromatic N) is 1. The maximum absolute atomic E-state index is 10.9. The summed E-state index contributed by atoms with van der Waals surface area (Å²) in [7, 11) is 0. The number of aromatic nitrogens is 2. The first kappa shape index (κ1) is 10.7. The Morgan fingerprint density at radius 1 is 1.50 bits per heavy atom. The number of H-pyrrole nitrogens is 1. The van der Waals surface area contributed by atoms with E-state index >= 15 is 0 Å². The van der Waals surface area contributed by atoms with E-state index in [0.717, 1.165) is 11.1 Å². The predicted molar refractivity (Wildman–Crippen MR) is 60.7 cm³/mol. The minimum atomic E-state index is -0.978. The lowest BCUT2D eigenvalue weighted by Gasteiger charge is -2.02. The molecule has 2 aromatic heterocycles. The highest BCUT2D eigenvalue weighted by atomic mass is 35.5. The molecule has 5 heteroatoms. The van der Waals surface area contributed by atoms with Crippen LogP contribution in [0.1, 0.15) is 16.1 Å². The lowest BCUT2D eigenvalue weighted by molar-refractivity contribution is 0.0690. The van der Waals surface area contributed by atoms with Crippen molar-refractivity contribution in [1.82, 2.24) is 9.97 Å². The number of aromatic carboxylic acids is 1. The molecule has 2 N–H and O–H groups in total. The topological polar surface area (TPSA) is 66.0 Å². The van der Waals surface area contributed by atoms with E-state index < -0.39 is 5.97 Å². The molecule has 0 aliphatic carbocycles. The highest BCUT2D eigenvalue weighted by molar-refractivity contribution is 6.33. The molecule has 0 saturated carbocycles. The van der Waals surface area contributed by atoms with Gasteiger partial charge in [0, 0.05) is 29.7 Å². The summed E-state index contributed by atoms with van der Waals surface area (Å²) in [6, 6.07) is 1.75. The number of halogens is 1. The van der Waals surface area contributed by atoms with Crippen molar-refractivity contribution < 1.29 is 9.90 Å². The molecule has 2 rings (SSSR count). The van der Waals surface area contributed by atoms with E-state index in [1.165, 1.54) is 6.20 Å². The van der Waals surface area contributed by atoms with Gasteiger partial charge in [0.1, 0.15) is 5.69 Å². The molecule has 0 saturated heterocycles. The van der Waals surface area contributed by atoms with Crippen LogP contribution in [0.2, 0.25) is 5.02 Å². The molecule has 0 radical (unpaired) electrons. The van der Waals surface area contributed by atoms with E-state index in [9.17, 15) is 4.79 Å². The van der Waals surface area contributed by atoms with Gasteiger partial charge in [-0.2, -0.15) is 0 Å². The minimum absolute atomic E-state index is 0.183. The van der Waals surface area contributed by atoms with Gasteiger partial charge in [-0.1, -0.05) is 11.6 Å². The SMILES string of the molecule is Cc1c(-c2ccncc2Cl)c[nH]c1C(=O)O. The first-order chi connectivity index (χ1) is 7.61. The third-order valence-corrected chi connectivity index (χ3v) is 2.72. The van der Waals surface area contributed by atoms with E-state index in [1.807, 2.05) is 0 Å². The van der Waals surface area contributed by atoms with Crippen LogP contribution < -0.4 is 0 Å². The van der Waals surface area contributed by atoms with Gasteiger partial charge >= 0.3 is 5.97 Å². The highest BCUT2D eigenvalue weighted by Gasteiger charge is 2.15. The van der Waals surface area contributed by atoms with Gasteiger partial charge in [-0.25, -0.2) is 4.79 Å². The fourth-order valence-electron chi connectivity index (χ4n) is 1.59. The summed E-state index contributed by atoms with van der Waals surface area (Å²) < 4.78 is 0. The molecule has 0 bridgehead atoms. The maximum atomic E-state index is 10.9. The molecule has 2 aromatic rings. The maximum Gasteiger partial charge on any atom is 0.352 e. The Kier molecular flexibility index (Phi) is 2.66. The molecule has 82 valence electrons. The van der Waals surface area contributed by atoms with Crippen molar-refractivity contribution in [1.29, 1.82) is 0 Å². The van der Waals surface area contributed by atoms with Crippen molar-refractivity contribution in [2.75, 3.05) is 0 Å². The first-order valence-electron chi connectivity index (χ1n) is 4.62. The summed E-state index contributed by atoms with van der Waals surface area (Å²) in [6.07, 6.45) is 4.79. The smallest absolute Gasteiger partial charge is 0.352 e. The quantitative estimate of drug-likeness (QED) is 0.843. The molecule has 2 heterocycles. The van der Waals surface area contributed by atoms with Gasteiger partial charge in [-0.3, -0.25) is 4.98 Å². The van der Waals surface area contributed by atoms with Crippen LogP contribution in [0.5, 0.6) is 0 Å². The largest absolute Gasteiger partial charge is 0.477 e. The standard InChI is InChI=1S/C11H9ClN2O2/c1-6-8(4-14-10(6)11(15)16)7-2-3-13-5-9(7)12/h2-5,14H,1H3,(H,15,16). The normalized spacial score (nSPS) is 10.4. The van der Waals surface area contributed by atoms with Gasteiger partial charge in [0.2, 0.25) is 0 Å². The van der Waals surface area contributed by atoms with Crippen LogP contribution in [-0.2, 0) is 0 Å². The van der Waals surface area contributed by atoms with E-state index in [-0.39, 0.29) is 5.69 Å². The minimum Gasteiger partial charge on any atom is -0.477 e. The predicted octanol–water partition coefficient (Wildman–Crippen LogP) is 2.74. The van der Waals surface area contributed by atoms with Crippen molar-refractivity contribution in [2.24, 2.45) is 0 Å². The van der Waals surface area contributed by atoms with Crippen molar-refractivity contribution in [3.63, 3.8) is 0 Å². The molecule has 4 nitrogen and oxygen atoms in total. The Labute approximate surface area is 96.9 Å². The Balaban J connectivity index is 2.58. The van der Waals surface area contributed by atoms with Crippen LogP contribution in [0.4, 0.5) is 0 Å². The molecule has 0 amide bonds. The van der Waals surface area contributed by atoms with E-state index in [4.69, 9.17) is 16.7 Å². The summed E-state index contributed by atoms with van der Waals surface area (Å²) in [5.74, 6) is -0.978. The summed E-state index contributed by atoms with van der Waals surface area (Å²) in [5.41, 5.74) is 2.41. The number of carboxylic acid groups (broad SMARTS) is 1. The number of carbonyl (C=O) groups is 1. The number of carboxylic acids is 1. The third-order valence-electron chi connectivity index (χ3n) is 2.42. The lowest BCUT2D eigenvalue weighted by atomic mass is 10.1. The monoisotopic (exact) mass is 236 g/mol. The zero-order chi connectivity index (χ0) is 11.7. The van der Waals surface area contributed by atoms with Gasteiger partial charge in [0.15, 0.2) is 0 Å². The number of hydrogen-bond donors (Lipinski definition) is 2. The fraction of sp³-hybridized carbons (Fsp3) is 0.0909. The number of nitrogens with one attached hydrogen (secondary N) is 1. The van der Waals surface area contributed by atoms with Crippen molar-refractivity contribution >= 4 is 17.6 Å². The molecular formula is C11H9ClN2O2. The molecular weight excluding hydrogens is 228 g/mol. The first-order valence-corrected chi connectivity index (χ1v) is 5.00.